The highest BCUT2D eigenvalue weighted by atomic mass is 35.5. The van der Waals surface area contributed by atoms with Crippen LogP contribution in [0.5, 0.6) is 0 Å². The van der Waals surface area contributed by atoms with E-state index in [-0.39, 0.29) is 16.6 Å². The van der Waals surface area contributed by atoms with Gasteiger partial charge in [0.2, 0.25) is 0 Å². The number of halogens is 1. The minimum atomic E-state index is -4.00. The van der Waals surface area contributed by atoms with Crippen LogP contribution in [-0.2, 0) is 10.1 Å². The van der Waals surface area contributed by atoms with Crippen LogP contribution in [0.1, 0.15) is 0 Å². The van der Waals surface area contributed by atoms with E-state index in [0.29, 0.717) is 0 Å². The molecular formula is C3H4ClNO3S2. The van der Waals surface area contributed by atoms with Crippen LogP contribution in [0, 0.1) is 0 Å². The van der Waals surface area contributed by atoms with Crippen LogP contribution < -0.4 is 0 Å². The highest BCUT2D eigenvalue weighted by molar-refractivity contribution is 7.88. The lowest BCUT2D eigenvalue weighted by atomic mass is 11.0. The number of rotatable bonds is 1. The van der Waals surface area contributed by atoms with Gasteiger partial charge in [0.15, 0.2) is 4.21 Å². The molecule has 0 amide bonds. The first-order chi connectivity index (χ1) is 4.11. The normalized spacial score (nSPS) is 10.5. The third-order valence-corrected chi connectivity index (χ3v) is 2.76. The molecule has 58 valence electrons. The molecule has 0 aromatic carbocycles. The van der Waals surface area contributed by atoms with E-state index in [4.69, 9.17) is 4.55 Å². The Morgan fingerprint density at radius 1 is 1.60 bits per heavy atom. The second-order valence-electron chi connectivity index (χ2n) is 1.30. The van der Waals surface area contributed by atoms with Gasteiger partial charge in [-0.05, 0) is 0 Å². The Kier molecular flexibility index (Phi) is 3.23. The number of hydrogen-bond donors (Lipinski definition) is 1. The molecule has 0 radical (unpaired) electrons. The van der Waals surface area contributed by atoms with Gasteiger partial charge in [-0.2, -0.15) is 8.42 Å². The maximum atomic E-state index is 10.2. The summed E-state index contributed by atoms with van der Waals surface area (Å²) in [7, 11) is -4.00. The van der Waals surface area contributed by atoms with E-state index in [1.807, 2.05) is 0 Å². The Morgan fingerprint density at radius 2 is 2.20 bits per heavy atom. The predicted molar refractivity (Wildman–Crippen MR) is 39.2 cm³/mol. The lowest BCUT2D eigenvalue weighted by molar-refractivity contribution is 0.485. The van der Waals surface area contributed by atoms with Crippen LogP contribution in [0.4, 0.5) is 0 Å². The van der Waals surface area contributed by atoms with E-state index >= 15 is 0 Å². The summed E-state index contributed by atoms with van der Waals surface area (Å²) in [6, 6.07) is 0. The summed E-state index contributed by atoms with van der Waals surface area (Å²) in [5.74, 6) is 0. The molecule has 7 heteroatoms. The van der Waals surface area contributed by atoms with Gasteiger partial charge in [0, 0.05) is 0 Å². The van der Waals surface area contributed by atoms with E-state index in [2.05, 4.69) is 4.98 Å². The summed E-state index contributed by atoms with van der Waals surface area (Å²) in [5.41, 5.74) is 1.34. The molecule has 1 rings (SSSR count). The summed E-state index contributed by atoms with van der Waals surface area (Å²) in [5, 5.41) is 0. The van der Waals surface area contributed by atoms with Gasteiger partial charge in [-0.3, -0.25) is 9.54 Å². The summed E-state index contributed by atoms with van der Waals surface area (Å²) in [6.45, 7) is 0. The fourth-order valence-electron chi connectivity index (χ4n) is 0.331. The average Bonchev–Trinajstić information content (AvgIpc) is 2.08. The van der Waals surface area contributed by atoms with Gasteiger partial charge in [0.1, 0.15) is 0 Å². The quantitative estimate of drug-likeness (QED) is 0.683. The summed E-state index contributed by atoms with van der Waals surface area (Å²) >= 11 is 0.881. The van der Waals surface area contributed by atoms with E-state index in [1.165, 1.54) is 5.51 Å². The molecular weight excluding hydrogens is 198 g/mol. The molecule has 4 nitrogen and oxygen atoms in total. The Bertz CT molecular complexity index is 279. The largest absolute Gasteiger partial charge is 0.305 e. The summed E-state index contributed by atoms with van der Waals surface area (Å²) in [6.07, 6.45) is 1.10. The van der Waals surface area contributed by atoms with Crippen molar-refractivity contribution in [1.82, 2.24) is 4.98 Å². The van der Waals surface area contributed by atoms with E-state index in [0.717, 1.165) is 17.5 Å². The van der Waals surface area contributed by atoms with Gasteiger partial charge in [-0.1, -0.05) is 0 Å². The summed E-state index contributed by atoms with van der Waals surface area (Å²) < 4.78 is 28.6. The van der Waals surface area contributed by atoms with Crippen LogP contribution in [0.2, 0.25) is 0 Å². The second kappa shape index (κ2) is 3.29. The van der Waals surface area contributed by atoms with Crippen molar-refractivity contribution in [1.29, 1.82) is 0 Å². The third kappa shape index (κ3) is 2.22. The third-order valence-electron chi connectivity index (χ3n) is 0.664. The monoisotopic (exact) mass is 201 g/mol. The Balaban J connectivity index is 0.000000810. The molecule has 1 aromatic heterocycles. The lowest BCUT2D eigenvalue weighted by Crippen LogP contribution is -1.93. The maximum Gasteiger partial charge on any atom is 0.305 e. The van der Waals surface area contributed by atoms with Crippen LogP contribution in [0.15, 0.2) is 15.9 Å². The van der Waals surface area contributed by atoms with Crippen LogP contribution in [0.25, 0.3) is 0 Å². The zero-order valence-corrected chi connectivity index (χ0v) is 7.04. The first-order valence-corrected chi connectivity index (χ1v) is 4.28. The molecule has 0 unspecified atom stereocenters. The molecule has 10 heavy (non-hydrogen) atoms. The van der Waals surface area contributed by atoms with Gasteiger partial charge < -0.3 is 0 Å². The smallest absolute Gasteiger partial charge is 0.281 e. The number of aromatic nitrogens is 1. The molecule has 0 aliphatic carbocycles. The van der Waals surface area contributed by atoms with E-state index in [1.54, 1.807) is 0 Å². The fourth-order valence-corrected chi connectivity index (χ4v) is 1.49. The van der Waals surface area contributed by atoms with Gasteiger partial charge in [0.05, 0.1) is 11.7 Å². The minimum Gasteiger partial charge on any atom is -0.281 e. The van der Waals surface area contributed by atoms with Gasteiger partial charge in [-0.25, -0.2) is 0 Å². The highest BCUT2D eigenvalue weighted by Crippen LogP contribution is 2.11. The number of hydrogen-bond acceptors (Lipinski definition) is 4. The molecule has 1 heterocycles. The highest BCUT2D eigenvalue weighted by Gasteiger charge is 2.09. The van der Waals surface area contributed by atoms with Gasteiger partial charge >= 0.3 is 10.1 Å². The van der Waals surface area contributed by atoms with Gasteiger partial charge in [-0.15, -0.1) is 23.7 Å². The first kappa shape index (κ1) is 9.83. The molecule has 0 bridgehead atoms. The standard InChI is InChI=1S/C3H3NO3S2.ClH/c5-9(6,7)3-1-4-2-8-3;/h1-2H,(H,5,6,7);1H. The van der Waals surface area contributed by atoms with Crippen molar-refractivity contribution in [2.75, 3.05) is 0 Å². The zero-order valence-electron chi connectivity index (χ0n) is 4.59. The van der Waals surface area contributed by atoms with Crippen LogP contribution in [0.3, 0.4) is 0 Å². The Morgan fingerprint density at radius 3 is 2.40 bits per heavy atom. The molecule has 1 aromatic rings. The van der Waals surface area contributed by atoms with Crippen molar-refractivity contribution in [2.24, 2.45) is 0 Å². The molecule has 0 fully saturated rings. The number of nitrogens with zero attached hydrogens (tertiary/aromatic N) is 1. The van der Waals surface area contributed by atoms with Crippen molar-refractivity contribution >= 4 is 33.9 Å². The maximum absolute atomic E-state index is 10.2. The fraction of sp³-hybridized carbons (Fsp3) is 0. The van der Waals surface area contributed by atoms with Gasteiger partial charge in [0.25, 0.3) is 0 Å². The van der Waals surface area contributed by atoms with E-state index < -0.39 is 10.1 Å². The van der Waals surface area contributed by atoms with Crippen molar-refractivity contribution in [3.05, 3.63) is 11.7 Å². The summed E-state index contributed by atoms with van der Waals surface area (Å²) in [4.78, 5) is 3.47. The molecule has 1 N–H and O–H groups in total. The predicted octanol–water partition coefficient (Wildman–Crippen LogP) is 0.812. The van der Waals surface area contributed by atoms with Crippen LogP contribution in [-0.4, -0.2) is 18.0 Å². The molecule has 0 saturated heterocycles. The number of thiazole rings is 1. The first-order valence-electron chi connectivity index (χ1n) is 1.96. The molecule has 0 atom stereocenters. The van der Waals surface area contributed by atoms with Crippen molar-refractivity contribution < 1.29 is 13.0 Å². The molecule has 0 spiro atoms. The van der Waals surface area contributed by atoms with Crippen molar-refractivity contribution in [3.63, 3.8) is 0 Å². The minimum absolute atomic E-state index is 0. The molecule has 0 aliphatic heterocycles. The second-order valence-corrected chi connectivity index (χ2v) is 3.83. The van der Waals surface area contributed by atoms with Crippen molar-refractivity contribution in [2.45, 2.75) is 4.21 Å². The average molecular weight is 202 g/mol. The molecule has 0 saturated carbocycles. The SMILES string of the molecule is Cl.O=S(=O)(O)c1cncs1. The van der Waals surface area contributed by atoms with E-state index in [9.17, 15) is 8.42 Å². The Labute approximate surface area is 68.1 Å². The van der Waals surface area contributed by atoms with Crippen molar-refractivity contribution in [3.8, 4) is 0 Å². The zero-order chi connectivity index (χ0) is 6.91. The molecule has 0 aliphatic rings. The lowest BCUT2D eigenvalue weighted by Gasteiger charge is -1.83. The Hall–Kier alpha value is -0.170. The van der Waals surface area contributed by atoms with Crippen LogP contribution >= 0.6 is 23.7 Å². The topological polar surface area (TPSA) is 67.3 Å².